The van der Waals surface area contributed by atoms with Crippen molar-refractivity contribution in [3.63, 3.8) is 0 Å². The molecule has 1 N–H and O–H groups in total. The smallest absolute Gasteiger partial charge is 0.343 e. The molecule has 0 saturated heterocycles. The molecule has 1 amide bonds. The molecule has 31 heavy (non-hydrogen) atoms. The predicted octanol–water partition coefficient (Wildman–Crippen LogP) is 4.81. The van der Waals surface area contributed by atoms with Crippen LogP contribution in [0.5, 0.6) is 11.5 Å². The Morgan fingerprint density at radius 1 is 1.00 bits per heavy atom. The van der Waals surface area contributed by atoms with Crippen LogP contribution in [-0.2, 0) is 4.79 Å². The third kappa shape index (κ3) is 6.52. The van der Waals surface area contributed by atoms with Gasteiger partial charge in [-0.1, -0.05) is 52.3 Å². The maximum Gasteiger partial charge on any atom is 0.343 e. The molecule has 3 aromatic carbocycles. The van der Waals surface area contributed by atoms with E-state index in [9.17, 15) is 9.59 Å². The van der Waals surface area contributed by atoms with Crippen molar-refractivity contribution in [2.75, 3.05) is 6.61 Å². The molecule has 6 nitrogen and oxygen atoms in total. The SMILES string of the molecule is Cc1cccc(C)c1OCC(=O)NN=Cc1cccc(OC(=O)c2cccc(Br)c2)c1. The number of hydrogen-bond acceptors (Lipinski definition) is 5. The van der Waals surface area contributed by atoms with Crippen LogP contribution in [0.1, 0.15) is 27.0 Å². The van der Waals surface area contributed by atoms with E-state index < -0.39 is 5.97 Å². The lowest BCUT2D eigenvalue weighted by atomic mass is 10.1. The number of para-hydroxylation sites is 1. The van der Waals surface area contributed by atoms with Crippen molar-refractivity contribution in [3.05, 3.63) is 93.5 Å². The number of halogens is 1. The number of benzene rings is 3. The summed E-state index contributed by atoms with van der Waals surface area (Å²) in [5, 5.41) is 3.94. The van der Waals surface area contributed by atoms with Crippen LogP contribution in [0.4, 0.5) is 0 Å². The van der Waals surface area contributed by atoms with Crippen LogP contribution in [0.2, 0.25) is 0 Å². The highest BCUT2D eigenvalue weighted by atomic mass is 79.9. The Morgan fingerprint density at radius 2 is 1.71 bits per heavy atom. The summed E-state index contributed by atoms with van der Waals surface area (Å²) < 4.78 is 11.8. The first-order chi connectivity index (χ1) is 14.9. The third-order valence-corrected chi connectivity index (χ3v) is 4.78. The quantitative estimate of drug-likeness (QED) is 0.227. The number of hydrogen-bond donors (Lipinski definition) is 1. The van der Waals surface area contributed by atoms with Gasteiger partial charge in [0.2, 0.25) is 0 Å². The van der Waals surface area contributed by atoms with E-state index in [-0.39, 0.29) is 12.5 Å². The molecule has 3 rings (SSSR count). The van der Waals surface area contributed by atoms with Crippen molar-refractivity contribution in [2.45, 2.75) is 13.8 Å². The lowest BCUT2D eigenvalue weighted by molar-refractivity contribution is -0.123. The van der Waals surface area contributed by atoms with Gasteiger partial charge in [0.25, 0.3) is 5.91 Å². The van der Waals surface area contributed by atoms with Gasteiger partial charge in [-0.2, -0.15) is 5.10 Å². The summed E-state index contributed by atoms with van der Waals surface area (Å²) >= 11 is 3.33. The largest absolute Gasteiger partial charge is 0.483 e. The molecule has 0 aliphatic rings. The molecule has 3 aromatic rings. The molecule has 158 valence electrons. The molecule has 0 saturated carbocycles. The molecular formula is C24H21BrN2O4. The number of ether oxygens (including phenoxy) is 2. The van der Waals surface area contributed by atoms with Crippen molar-refractivity contribution in [1.82, 2.24) is 5.43 Å². The Bertz CT molecular complexity index is 1110. The maximum atomic E-state index is 12.3. The molecule has 7 heteroatoms. The Labute approximate surface area is 189 Å². The predicted molar refractivity (Wildman–Crippen MR) is 123 cm³/mol. The van der Waals surface area contributed by atoms with Crippen molar-refractivity contribution < 1.29 is 19.1 Å². The molecule has 0 aliphatic heterocycles. The zero-order valence-corrected chi connectivity index (χ0v) is 18.7. The number of rotatable bonds is 7. The van der Waals surface area contributed by atoms with E-state index in [1.165, 1.54) is 6.21 Å². The van der Waals surface area contributed by atoms with Gasteiger partial charge >= 0.3 is 5.97 Å². The normalized spacial score (nSPS) is 10.7. The Kier molecular flexibility index (Phi) is 7.56. The van der Waals surface area contributed by atoms with Gasteiger partial charge in [-0.05, 0) is 60.9 Å². The average Bonchev–Trinajstić information content (AvgIpc) is 2.74. The van der Waals surface area contributed by atoms with Gasteiger partial charge in [0.1, 0.15) is 11.5 Å². The van der Waals surface area contributed by atoms with Gasteiger partial charge in [0.05, 0.1) is 11.8 Å². The minimum atomic E-state index is -0.465. The first kappa shape index (κ1) is 22.2. The van der Waals surface area contributed by atoms with Gasteiger partial charge in [-0.3, -0.25) is 4.79 Å². The highest BCUT2D eigenvalue weighted by Crippen LogP contribution is 2.22. The van der Waals surface area contributed by atoms with E-state index >= 15 is 0 Å². The van der Waals surface area contributed by atoms with Crippen LogP contribution < -0.4 is 14.9 Å². The maximum absolute atomic E-state index is 12.3. The van der Waals surface area contributed by atoms with E-state index in [1.807, 2.05) is 38.1 Å². The monoisotopic (exact) mass is 480 g/mol. The van der Waals surface area contributed by atoms with Gasteiger partial charge in [0, 0.05) is 4.47 Å². The summed E-state index contributed by atoms with van der Waals surface area (Å²) in [5.41, 5.74) is 5.45. The molecule has 0 radical (unpaired) electrons. The summed E-state index contributed by atoms with van der Waals surface area (Å²) in [6.07, 6.45) is 1.47. The van der Waals surface area contributed by atoms with Crippen molar-refractivity contribution >= 4 is 34.0 Å². The van der Waals surface area contributed by atoms with Gasteiger partial charge in [-0.25, -0.2) is 10.2 Å². The van der Waals surface area contributed by atoms with Crippen LogP contribution in [0, 0.1) is 13.8 Å². The van der Waals surface area contributed by atoms with Crippen molar-refractivity contribution in [3.8, 4) is 11.5 Å². The van der Waals surface area contributed by atoms with E-state index in [1.54, 1.807) is 42.5 Å². The lowest BCUT2D eigenvalue weighted by Crippen LogP contribution is -2.25. The summed E-state index contributed by atoms with van der Waals surface area (Å²) in [5.74, 6) is 0.226. The summed E-state index contributed by atoms with van der Waals surface area (Å²) in [6, 6.07) is 19.6. The second kappa shape index (κ2) is 10.5. The Balaban J connectivity index is 1.54. The first-order valence-corrected chi connectivity index (χ1v) is 10.3. The van der Waals surface area contributed by atoms with E-state index in [0.29, 0.717) is 22.6 Å². The van der Waals surface area contributed by atoms with Gasteiger partial charge in [-0.15, -0.1) is 0 Å². The fourth-order valence-electron chi connectivity index (χ4n) is 2.82. The second-order valence-electron chi connectivity index (χ2n) is 6.78. The Hall–Kier alpha value is -3.45. The third-order valence-electron chi connectivity index (χ3n) is 4.29. The zero-order chi connectivity index (χ0) is 22.2. The number of aryl methyl sites for hydroxylation is 2. The molecule has 0 aromatic heterocycles. The fraction of sp³-hybridized carbons (Fsp3) is 0.125. The van der Waals surface area contributed by atoms with Crippen molar-refractivity contribution in [2.24, 2.45) is 5.10 Å². The molecule has 0 unspecified atom stereocenters. The molecular weight excluding hydrogens is 460 g/mol. The number of amides is 1. The molecule has 0 fully saturated rings. The number of esters is 1. The van der Waals surface area contributed by atoms with E-state index in [2.05, 4.69) is 26.5 Å². The zero-order valence-electron chi connectivity index (χ0n) is 17.1. The minimum Gasteiger partial charge on any atom is -0.483 e. The number of nitrogens with zero attached hydrogens (tertiary/aromatic N) is 1. The van der Waals surface area contributed by atoms with Crippen LogP contribution >= 0.6 is 15.9 Å². The number of carbonyl (C=O) groups excluding carboxylic acids is 2. The summed E-state index contributed by atoms with van der Waals surface area (Å²) in [4.78, 5) is 24.3. The highest BCUT2D eigenvalue weighted by molar-refractivity contribution is 9.10. The topological polar surface area (TPSA) is 77.0 Å². The Morgan fingerprint density at radius 3 is 2.45 bits per heavy atom. The lowest BCUT2D eigenvalue weighted by Gasteiger charge is -2.10. The van der Waals surface area contributed by atoms with Crippen LogP contribution in [0.25, 0.3) is 0 Å². The van der Waals surface area contributed by atoms with Crippen LogP contribution in [0.15, 0.2) is 76.3 Å². The molecule has 0 atom stereocenters. The second-order valence-corrected chi connectivity index (χ2v) is 7.69. The highest BCUT2D eigenvalue weighted by Gasteiger charge is 2.09. The fourth-order valence-corrected chi connectivity index (χ4v) is 3.21. The molecule has 0 spiro atoms. The number of carbonyl (C=O) groups is 2. The van der Waals surface area contributed by atoms with Crippen molar-refractivity contribution in [1.29, 1.82) is 0 Å². The summed E-state index contributed by atoms with van der Waals surface area (Å²) in [6.45, 7) is 3.71. The van der Waals surface area contributed by atoms with Gasteiger partial charge < -0.3 is 9.47 Å². The summed E-state index contributed by atoms with van der Waals surface area (Å²) in [7, 11) is 0. The van der Waals surface area contributed by atoms with E-state index in [4.69, 9.17) is 9.47 Å². The van der Waals surface area contributed by atoms with Crippen LogP contribution in [-0.4, -0.2) is 24.7 Å². The average molecular weight is 481 g/mol. The number of hydrazone groups is 1. The van der Waals surface area contributed by atoms with Gasteiger partial charge in [0.15, 0.2) is 6.61 Å². The van der Waals surface area contributed by atoms with E-state index in [0.717, 1.165) is 15.6 Å². The number of nitrogens with one attached hydrogen (secondary N) is 1. The molecule has 0 heterocycles. The first-order valence-electron chi connectivity index (χ1n) is 9.51. The minimum absolute atomic E-state index is 0.146. The standard InChI is InChI=1S/C24H21BrN2O4/c1-16-6-3-7-17(2)23(16)30-15-22(28)27-26-14-18-8-4-11-21(12-18)31-24(29)19-9-5-10-20(25)13-19/h3-14H,15H2,1-2H3,(H,27,28). The molecule has 0 aliphatic carbocycles. The van der Waals surface area contributed by atoms with Crippen LogP contribution in [0.3, 0.4) is 0 Å². The molecule has 0 bridgehead atoms.